The predicted octanol–water partition coefficient (Wildman–Crippen LogP) is 3.57. The minimum Gasteiger partial charge on any atom is -0.495 e. The number of nitrogens with zero attached hydrogens (tertiary/aromatic N) is 2. The van der Waals surface area contributed by atoms with E-state index in [4.69, 9.17) is 15.2 Å². The van der Waals surface area contributed by atoms with Crippen molar-refractivity contribution in [1.82, 2.24) is 9.47 Å². The van der Waals surface area contributed by atoms with Crippen LogP contribution in [-0.2, 0) is 26.7 Å². The first kappa shape index (κ1) is 27.5. The molecular formula is C30H38N4O4S. The number of anilines is 1. The van der Waals surface area contributed by atoms with Crippen LogP contribution in [0.4, 0.5) is 5.69 Å². The molecule has 8 nitrogen and oxygen atoms in total. The Bertz CT molecular complexity index is 1520. The molecule has 2 aliphatic rings. The lowest BCUT2D eigenvalue weighted by molar-refractivity contribution is 0.174. The van der Waals surface area contributed by atoms with Crippen LogP contribution in [-0.4, -0.2) is 70.6 Å². The Kier molecular flexibility index (Phi) is 7.66. The summed E-state index contributed by atoms with van der Waals surface area (Å²) in [6.07, 6.45) is 5.47. The Hall–Kier alpha value is -3.03. The van der Waals surface area contributed by atoms with Gasteiger partial charge in [-0.2, -0.15) is 0 Å². The fraction of sp³-hybridized carbons (Fsp3) is 0.467. The zero-order valence-electron chi connectivity index (χ0n) is 23.2. The molecule has 0 amide bonds. The third kappa shape index (κ3) is 5.94. The number of hydrogen-bond donors (Lipinski definition) is 2. The van der Waals surface area contributed by atoms with E-state index in [2.05, 4.69) is 65.0 Å². The molecule has 1 aliphatic carbocycles. The van der Waals surface area contributed by atoms with Crippen molar-refractivity contribution in [2.75, 3.05) is 45.9 Å². The number of sulfone groups is 1. The normalized spacial score (nSPS) is 22.9. The molecule has 1 aliphatic heterocycles. The molecule has 2 aromatic carbocycles. The van der Waals surface area contributed by atoms with Crippen molar-refractivity contribution in [3.63, 3.8) is 0 Å². The molecule has 208 valence electrons. The summed E-state index contributed by atoms with van der Waals surface area (Å²) in [5.74, 6) is 7.05. The summed E-state index contributed by atoms with van der Waals surface area (Å²) >= 11 is 0. The molecule has 2 fully saturated rings. The molecule has 1 saturated heterocycles. The average molecular weight is 551 g/mol. The van der Waals surface area contributed by atoms with Crippen molar-refractivity contribution < 1.29 is 17.9 Å². The monoisotopic (exact) mass is 550 g/mol. The minimum atomic E-state index is -3.32. The first-order chi connectivity index (χ1) is 18.6. The Morgan fingerprint density at radius 2 is 1.95 bits per heavy atom. The van der Waals surface area contributed by atoms with Crippen LogP contribution >= 0.6 is 0 Å². The number of methoxy groups -OCH3 is 1. The molecule has 1 saturated carbocycles. The van der Waals surface area contributed by atoms with Crippen molar-refractivity contribution >= 4 is 26.4 Å². The molecule has 39 heavy (non-hydrogen) atoms. The molecule has 0 bridgehead atoms. The van der Waals surface area contributed by atoms with Crippen LogP contribution in [0.25, 0.3) is 10.9 Å². The number of fused-ring (bicyclic) bond motifs is 1. The highest BCUT2D eigenvalue weighted by Gasteiger charge is 2.35. The van der Waals surface area contributed by atoms with Crippen LogP contribution in [0.15, 0.2) is 47.4 Å². The molecule has 5 rings (SSSR count). The van der Waals surface area contributed by atoms with E-state index < -0.39 is 9.84 Å². The van der Waals surface area contributed by atoms with E-state index in [9.17, 15) is 8.42 Å². The van der Waals surface area contributed by atoms with E-state index in [-0.39, 0.29) is 16.5 Å². The highest BCUT2D eigenvalue weighted by Crippen LogP contribution is 2.40. The third-order valence-electron chi connectivity index (χ3n) is 8.03. The maximum Gasteiger partial charge on any atom is 0.175 e. The number of ether oxygens (including phenoxy) is 2. The molecule has 0 spiro atoms. The summed E-state index contributed by atoms with van der Waals surface area (Å²) in [5, 5.41) is 4.42. The highest BCUT2D eigenvalue weighted by atomic mass is 32.2. The van der Waals surface area contributed by atoms with Gasteiger partial charge in [0.05, 0.1) is 49.2 Å². The van der Waals surface area contributed by atoms with E-state index >= 15 is 0 Å². The first-order valence-corrected chi connectivity index (χ1v) is 15.3. The SMILES string of the molecule is COc1cc(S(C)(=O)=O)ccc1NCC#Cc1cc2c(C3(N)CCC(N(C)C)CC3)cccc2n1CC1CO1. The number of benzene rings is 2. The lowest BCUT2D eigenvalue weighted by Crippen LogP contribution is -2.44. The topological polar surface area (TPSA) is 102 Å². The maximum atomic E-state index is 11.9. The van der Waals surface area contributed by atoms with E-state index in [1.165, 1.54) is 30.4 Å². The summed E-state index contributed by atoms with van der Waals surface area (Å²) in [6.45, 7) is 1.89. The fourth-order valence-corrected chi connectivity index (χ4v) is 6.26. The molecule has 1 atom stereocenters. The Labute approximate surface area is 231 Å². The van der Waals surface area contributed by atoms with Crippen molar-refractivity contribution in [1.29, 1.82) is 0 Å². The van der Waals surface area contributed by atoms with E-state index in [0.29, 0.717) is 24.0 Å². The molecule has 2 heterocycles. The lowest BCUT2D eigenvalue weighted by atomic mass is 9.74. The summed E-state index contributed by atoms with van der Waals surface area (Å²) in [5.41, 5.74) is 10.7. The number of rotatable bonds is 8. The largest absolute Gasteiger partial charge is 0.495 e. The van der Waals surface area contributed by atoms with Gasteiger partial charge in [0.15, 0.2) is 9.84 Å². The smallest absolute Gasteiger partial charge is 0.175 e. The van der Waals surface area contributed by atoms with Gasteiger partial charge >= 0.3 is 0 Å². The van der Waals surface area contributed by atoms with Gasteiger partial charge in [-0.25, -0.2) is 8.42 Å². The second-order valence-corrected chi connectivity index (χ2v) is 13.0. The number of epoxide rings is 1. The molecule has 3 aromatic rings. The minimum absolute atomic E-state index is 0.211. The van der Waals surface area contributed by atoms with Gasteiger partial charge in [0, 0.05) is 34.8 Å². The standard InChI is InChI=1S/C30H38N4O4S/c1-33(2)21-12-14-30(31,15-13-21)26-8-5-9-28-25(26)17-22(34(28)19-23-20-38-23)7-6-16-32-27-11-10-24(39(4,35)36)18-29(27)37-3/h5,8-11,17-18,21,23,32H,12-16,19-20,31H2,1-4H3. The second-order valence-electron chi connectivity index (χ2n) is 11.0. The van der Waals surface area contributed by atoms with Crippen LogP contribution < -0.4 is 15.8 Å². The zero-order valence-corrected chi connectivity index (χ0v) is 24.0. The van der Waals surface area contributed by atoms with Gasteiger partial charge < -0.3 is 30.0 Å². The van der Waals surface area contributed by atoms with Gasteiger partial charge in [-0.3, -0.25) is 0 Å². The summed E-state index contributed by atoms with van der Waals surface area (Å²) in [4.78, 5) is 2.52. The number of aromatic nitrogens is 1. The quantitative estimate of drug-likeness (QED) is 0.327. The zero-order chi connectivity index (χ0) is 27.8. The summed E-state index contributed by atoms with van der Waals surface area (Å²) in [6, 6.07) is 14.0. The predicted molar refractivity (Wildman–Crippen MR) is 155 cm³/mol. The first-order valence-electron chi connectivity index (χ1n) is 13.4. The molecule has 1 aromatic heterocycles. The van der Waals surface area contributed by atoms with E-state index in [1.54, 1.807) is 12.1 Å². The number of nitrogens with one attached hydrogen (secondary N) is 1. The molecule has 1 unspecified atom stereocenters. The molecule has 0 radical (unpaired) electrons. The second kappa shape index (κ2) is 10.9. The Balaban J connectivity index is 1.41. The van der Waals surface area contributed by atoms with E-state index in [0.717, 1.165) is 50.0 Å². The van der Waals surface area contributed by atoms with E-state index in [1.807, 2.05) is 0 Å². The Morgan fingerprint density at radius 1 is 1.21 bits per heavy atom. The third-order valence-corrected chi connectivity index (χ3v) is 9.14. The van der Waals surface area contributed by atoms with Crippen LogP contribution in [0, 0.1) is 11.8 Å². The highest BCUT2D eigenvalue weighted by molar-refractivity contribution is 7.90. The van der Waals surface area contributed by atoms with Gasteiger partial charge in [0.2, 0.25) is 0 Å². The van der Waals surface area contributed by atoms with Crippen molar-refractivity contribution in [3.8, 4) is 17.6 Å². The molecule has 3 N–H and O–H groups in total. The van der Waals surface area contributed by atoms with Crippen LogP contribution in [0.3, 0.4) is 0 Å². The Morgan fingerprint density at radius 3 is 2.59 bits per heavy atom. The summed E-state index contributed by atoms with van der Waals surface area (Å²) < 4.78 is 37.0. The fourth-order valence-electron chi connectivity index (χ4n) is 5.62. The van der Waals surface area contributed by atoms with Gasteiger partial charge in [-0.1, -0.05) is 18.1 Å². The van der Waals surface area contributed by atoms with Crippen molar-refractivity contribution in [2.45, 2.75) is 54.8 Å². The molecular weight excluding hydrogens is 512 g/mol. The number of nitrogens with two attached hydrogens (primary N) is 1. The maximum absolute atomic E-state index is 11.9. The van der Waals surface area contributed by atoms with Gasteiger partial charge in [-0.15, -0.1) is 0 Å². The summed E-state index contributed by atoms with van der Waals surface area (Å²) in [7, 11) is 2.50. The van der Waals surface area contributed by atoms with Crippen LogP contribution in [0.1, 0.15) is 36.9 Å². The lowest BCUT2D eigenvalue weighted by Gasteiger charge is -2.40. The van der Waals surface area contributed by atoms with Crippen molar-refractivity contribution in [2.24, 2.45) is 5.73 Å². The number of hydrogen-bond acceptors (Lipinski definition) is 7. The average Bonchev–Trinajstić information content (AvgIpc) is 3.66. The van der Waals surface area contributed by atoms with Gasteiger partial charge in [0.25, 0.3) is 0 Å². The van der Waals surface area contributed by atoms with Crippen molar-refractivity contribution in [3.05, 3.63) is 53.7 Å². The van der Waals surface area contributed by atoms with Gasteiger partial charge in [-0.05, 0) is 75.5 Å². The van der Waals surface area contributed by atoms with Gasteiger partial charge in [0.1, 0.15) is 5.75 Å². The van der Waals surface area contributed by atoms with Crippen LogP contribution in [0.5, 0.6) is 5.75 Å². The molecule has 9 heteroatoms. The van der Waals surface area contributed by atoms with Crippen LogP contribution in [0.2, 0.25) is 0 Å².